The van der Waals surface area contributed by atoms with Crippen LogP contribution in [0.4, 0.5) is 0 Å². The zero-order valence-corrected chi connectivity index (χ0v) is 14.8. The Hall–Kier alpha value is -2.54. The van der Waals surface area contributed by atoms with Crippen molar-refractivity contribution >= 4 is 23.2 Å². The molecule has 1 heterocycles. The number of carbonyl (C=O) groups is 2. The van der Waals surface area contributed by atoms with E-state index in [9.17, 15) is 9.59 Å². The van der Waals surface area contributed by atoms with Crippen molar-refractivity contribution in [2.24, 2.45) is 0 Å². The van der Waals surface area contributed by atoms with Crippen molar-refractivity contribution in [3.05, 3.63) is 46.7 Å². The van der Waals surface area contributed by atoms with E-state index in [-0.39, 0.29) is 18.7 Å². The number of hydrogen-bond acceptors (Lipinski definition) is 5. The van der Waals surface area contributed by atoms with Crippen LogP contribution in [0, 0.1) is 0 Å². The zero-order valence-electron chi connectivity index (χ0n) is 13.9. The van der Waals surface area contributed by atoms with Gasteiger partial charge in [-0.2, -0.15) is 0 Å². The summed E-state index contributed by atoms with van der Waals surface area (Å²) >= 11 is 1.43. The maximum absolute atomic E-state index is 12.1. The predicted octanol–water partition coefficient (Wildman–Crippen LogP) is 3.25. The topological polar surface area (TPSA) is 84.9 Å². The van der Waals surface area contributed by atoms with Gasteiger partial charge in [0.2, 0.25) is 5.91 Å². The van der Waals surface area contributed by atoms with Crippen LogP contribution in [0.25, 0.3) is 0 Å². The Bertz CT molecular complexity index is 669. The number of aliphatic carboxylic acids is 1. The molecule has 7 heteroatoms. The molecule has 0 unspecified atom stereocenters. The first-order valence-electron chi connectivity index (χ1n) is 7.90. The van der Waals surface area contributed by atoms with Gasteiger partial charge in [0.1, 0.15) is 11.5 Å². The molecule has 2 rings (SSSR count). The smallest absolute Gasteiger partial charge is 0.305 e. The number of carboxylic acid groups (broad SMARTS) is 1. The second-order valence-corrected chi connectivity index (χ2v) is 6.34. The van der Waals surface area contributed by atoms with Crippen molar-refractivity contribution < 1.29 is 24.2 Å². The van der Waals surface area contributed by atoms with E-state index in [4.69, 9.17) is 14.6 Å². The van der Waals surface area contributed by atoms with E-state index in [0.717, 1.165) is 10.6 Å². The average molecular weight is 363 g/mol. The number of thiophene rings is 1. The first-order chi connectivity index (χ1) is 12.1. The highest BCUT2D eigenvalue weighted by atomic mass is 32.1. The Morgan fingerprint density at radius 1 is 1.20 bits per heavy atom. The Labute approximate surface area is 150 Å². The van der Waals surface area contributed by atoms with Gasteiger partial charge in [0.25, 0.3) is 0 Å². The summed E-state index contributed by atoms with van der Waals surface area (Å²) in [5.41, 5.74) is 0. The third-order valence-electron chi connectivity index (χ3n) is 3.48. The Balaban J connectivity index is 1.74. The molecular weight excluding hydrogens is 342 g/mol. The maximum Gasteiger partial charge on any atom is 0.305 e. The molecule has 25 heavy (non-hydrogen) atoms. The number of rotatable bonds is 10. The van der Waals surface area contributed by atoms with E-state index in [1.54, 1.807) is 31.4 Å². The number of amides is 1. The minimum absolute atomic E-state index is 0.130. The second-order valence-electron chi connectivity index (χ2n) is 5.36. The number of benzene rings is 1. The fourth-order valence-electron chi connectivity index (χ4n) is 2.25. The van der Waals surface area contributed by atoms with Crippen LogP contribution in [0.15, 0.2) is 41.8 Å². The summed E-state index contributed by atoms with van der Waals surface area (Å²) in [6, 6.07) is 10.4. The van der Waals surface area contributed by atoms with Gasteiger partial charge < -0.3 is 19.9 Å². The number of nitrogens with one attached hydrogen (secondary N) is 1. The van der Waals surface area contributed by atoms with Crippen LogP contribution >= 0.6 is 11.3 Å². The molecule has 0 bridgehead atoms. The largest absolute Gasteiger partial charge is 0.497 e. The molecule has 1 aromatic carbocycles. The molecule has 0 radical (unpaired) electrons. The molecule has 1 aromatic heterocycles. The van der Waals surface area contributed by atoms with Crippen LogP contribution in [-0.2, 0) is 9.59 Å². The number of ether oxygens (including phenoxy) is 2. The van der Waals surface area contributed by atoms with Crippen molar-refractivity contribution in [1.29, 1.82) is 0 Å². The SMILES string of the molecule is COc1ccc(OCCCC(=O)N[C@@H](CC(=O)O)c2cccs2)cc1. The molecule has 2 aromatic rings. The summed E-state index contributed by atoms with van der Waals surface area (Å²) in [4.78, 5) is 23.9. The lowest BCUT2D eigenvalue weighted by Crippen LogP contribution is -2.29. The minimum atomic E-state index is -0.943. The summed E-state index contributed by atoms with van der Waals surface area (Å²) in [5, 5.41) is 13.6. The third-order valence-corrected chi connectivity index (χ3v) is 4.46. The number of hydrogen-bond donors (Lipinski definition) is 2. The van der Waals surface area contributed by atoms with Gasteiger partial charge in [-0.15, -0.1) is 11.3 Å². The first-order valence-corrected chi connectivity index (χ1v) is 8.78. The Morgan fingerprint density at radius 2 is 1.92 bits per heavy atom. The van der Waals surface area contributed by atoms with Crippen molar-refractivity contribution in [3.8, 4) is 11.5 Å². The van der Waals surface area contributed by atoms with Gasteiger partial charge in [0.05, 0.1) is 26.2 Å². The van der Waals surface area contributed by atoms with Crippen LogP contribution < -0.4 is 14.8 Å². The third kappa shape index (κ3) is 6.46. The molecule has 0 saturated heterocycles. The maximum atomic E-state index is 12.1. The quantitative estimate of drug-likeness (QED) is 0.633. The fourth-order valence-corrected chi connectivity index (χ4v) is 3.03. The molecule has 0 aliphatic rings. The summed E-state index contributed by atoms with van der Waals surface area (Å²) in [6.45, 7) is 0.405. The first kappa shape index (κ1) is 18.8. The zero-order chi connectivity index (χ0) is 18.1. The van der Waals surface area contributed by atoms with Crippen LogP contribution in [0.3, 0.4) is 0 Å². The number of carbonyl (C=O) groups excluding carboxylic acids is 1. The van der Waals surface area contributed by atoms with Gasteiger partial charge in [-0.25, -0.2) is 0 Å². The lowest BCUT2D eigenvalue weighted by atomic mass is 10.1. The average Bonchev–Trinajstić information content (AvgIpc) is 3.13. The van der Waals surface area contributed by atoms with Crippen LogP contribution in [-0.4, -0.2) is 30.7 Å². The molecule has 134 valence electrons. The lowest BCUT2D eigenvalue weighted by molar-refractivity contribution is -0.137. The number of methoxy groups -OCH3 is 1. The van der Waals surface area contributed by atoms with Gasteiger partial charge in [-0.1, -0.05) is 6.07 Å². The lowest BCUT2D eigenvalue weighted by Gasteiger charge is -2.15. The van der Waals surface area contributed by atoms with E-state index >= 15 is 0 Å². The molecule has 1 atom stereocenters. The summed E-state index contributed by atoms with van der Waals surface area (Å²) < 4.78 is 10.6. The van der Waals surface area contributed by atoms with E-state index < -0.39 is 12.0 Å². The van der Waals surface area contributed by atoms with Gasteiger partial charge in [0, 0.05) is 11.3 Å². The van der Waals surface area contributed by atoms with Gasteiger partial charge in [-0.3, -0.25) is 9.59 Å². The molecular formula is C18H21NO5S. The molecule has 2 N–H and O–H groups in total. The fraction of sp³-hybridized carbons (Fsp3) is 0.333. The Kier molecular flexibility index (Phi) is 7.28. The summed E-state index contributed by atoms with van der Waals surface area (Å²) in [6.07, 6.45) is 0.689. The predicted molar refractivity (Wildman–Crippen MR) is 95.2 cm³/mol. The highest BCUT2D eigenvalue weighted by Crippen LogP contribution is 2.22. The van der Waals surface area contributed by atoms with Gasteiger partial charge in [-0.05, 0) is 42.1 Å². The molecule has 0 spiro atoms. The summed E-state index contributed by atoms with van der Waals surface area (Å²) in [5.74, 6) is 0.341. The molecule has 6 nitrogen and oxygen atoms in total. The number of carboxylic acids is 1. The second kappa shape index (κ2) is 9.68. The van der Waals surface area contributed by atoms with Crippen LogP contribution in [0.5, 0.6) is 11.5 Å². The van der Waals surface area contributed by atoms with Gasteiger partial charge >= 0.3 is 5.97 Å². The van der Waals surface area contributed by atoms with E-state index in [0.29, 0.717) is 18.8 Å². The summed E-state index contributed by atoms with van der Waals surface area (Å²) in [7, 11) is 1.60. The monoisotopic (exact) mass is 363 g/mol. The van der Waals surface area contributed by atoms with Crippen LogP contribution in [0.1, 0.15) is 30.2 Å². The van der Waals surface area contributed by atoms with Crippen molar-refractivity contribution in [2.75, 3.05) is 13.7 Å². The standard InChI is InChI=1S/C18H21NO5S/c1-23-13-6-8-14(9-7-13)24-10-2-5-17(20)19-15(12-18(21)22)16-4-3-11-25-16/h3-4,6-9,11,15H,2,5,10,12H2,1H3,(H,19,20)(H,21,22)/t15-/m0/s1. The van der Waals surface area contributed by atoms with E-state index in [1.807, 2.05) is 17.5 Å². The van der Waals surface area contributed by atoms with Crippen LogP contribution in [0.2, 0.25) is 0 Å². The van der Waals surface area contributed by atoms with E-state index in [2.05, 4.69) is 5.32 Å². The van der Waals surface area contributed by atoms with Crippen molar-refractivity contribution in [3.63, 3.8) is 0 Å². The normalized spacial score (nSPS) is 11.6. The molecule has 1 amide bonds. The van der Waals surface area contributed by atoms with Crippen molar-refractivity contribution in [2.45, 2.75) is 25.3 Å². The minimum Gasteiger partial charge on any atom is -0.497 e. The molecule has 0 saturated carbocycles. The highest BCUT2D eigenvalue weighted by molar-refractivity contribution is 7.10. The van der Waals surface area contributed by atoms with Crippen molar-refractivity contribution in [1.82, 2.24) is 5.32 Å². The van der Waals surface area contributed by atoms with E-state index in [1.165, 1.54) is 11.3 Å². The molecule has 0 aliphatic heterocycles. The Morgan fingerprint density at radius 3 is 2.52 bits per heavy atom. The highest BCUT2D eigenvalue weighted by Gasteiger charge is 2.18. The van der Waals surface area contributed by atoms with Gasteiger partial charge in [0.15, 0.2) is 0 Å². The molecule has 0 aliphatic carbocycles. The molecule has 0 fully saturated rings.